The van der Waals surface area contributed by atoms with E-state index in [2.05, 4.69) is 17.1 Å². The second kappa shape index (κ2) is 3.24. The summed E-state index contributed by atoms with van der Waals surface area (Å²) in [5, 5.41) is 2.30. The van der Waals surface area contributed by atoms with Gasteiger partial charge in [-0.25, -0.2) is 0 Å². The number of hydrogen-bond acceptors (Lipinski definition) is 2. The minimum absolute atomic E-state index is 0.812. The van der Waals surface area contributed by atoms with E-state index in [0.717, 1.165) is 16.8 Å². The first-order valence-corrected chi connectivity index (χ1v) is 4.83. The summed E-state index contributed by atoms with van der Waals surface area (Å²) in [6.07, 6.45) is 3.47. The van der Waals surface area contributed by atoms with E-state index >= 15 is 0 Å². The average molecular weight is 195 g/mol. The Balaban J connectivity index is 2.36. The highest BCUT2D eigenvalue weighted by molar-refractivity contribution is 5.93. The van der Waals surface area contributed by atoms with Crippen molar-refractivity contribution >= 4 is 10.8 Å². The molecule has 0 amide bonds. The quantitative estimate of drug-likeness (QED) is 0.594. The van der Waals surface area contributed by atoms with Crippen LogP contribution in [0.1, 0.15) is 0 Å². The van der Waals surface area contributed by atoms with E-state index in [1.165, 1.54) is 5.39 Å². The lowest BCUT2D eigenvalue weighted by Gasteiger charge is -2.01. The van der Waals surface area contributed by atoms with Crippen LogP contribution < -0.4 is 0 Å². The summed E-state index contributed by atoms with van der Waals surface area (Å²) in [6.45, 7) is 0. The smallest absolute Gasteiger partial charge is 0.152 e. The van der Waals surface area contributed by atoms with Crippen molar-refractivity contribution in [3.05, 3.63) is 54.9 Å². The van der Waals surface area contributed by atoms with Crippen molar-refractivity contribution in [3.8, 4) is 11.5 Å². The van der Waals surface area contributed by atoms with Gasteiger partial charge in [0.25, 0.3) is 0 Å². The Labute approximate surface area is 87.2 Å². The molecule has 0 saturated heterocycles. The van der Waals surface area contributed by atoms with Crippen LogP contribution >= 0.6 is 0 Å². The van der Waals surface area contributed by atoms with Crippen molar-refractivity contribution in [3.63, 3.8) is 0 Å². The van der Waals surface area contributed by atoms with Gasteiger partial charge in [-0.15, -0.1) is 0 Å². The molecule has 0 spiro atoms. The molecule has 0 radical (unpaired) electrons. The topological polar surface area (TPSA) is 26.0 Å². The zero-order valence-electron chi connectivity index (χ0n) is 8.05. The van der Waals surface area contributed by atoms with Crippen LogP contribution in [0, 0.1) is 0 Å². The van der Waals surface area contributed by atoms with Gasteiger partial charge in [0.1, 0.15) is 5.69 Å². The maximum Gasteiger partial charge on any atom is 0.152 e. The largest absolute Gasteiger partial charge is 0.463 e. The van der Waals surface area contributed by atoms with Crippen molar-refractivity contribution in [1.82, 2.24) is 4.98 Å². The number of benzene rings is 1. The normalized spacial score (nSPS) is 10.7. The maximum atomic E-state index is 5.37. The standard InChI is InChI=1S/C13H9NO/c1-2-5-11-10(4-1)7-8-14-13(11)12-6-3-9-15-12/h1-9H. The van der Waals surface area contributed by atoms with Crippen LogP contribution in [-0.2, 0) is 0 Å². The van der Waals surface area contributed by atoms with E-state index in [9.17, 15) is 0 Å². The summed E-state index contributed by atoms with van der Waals surface area (Å²) >= 11 is 0. The Morgan fingerprint density at radius 1 is 0.933 bits per heavy atom. The van der Waals surface area contributed by atoms with Gasteiger partial charge in [0, 0.05) is 11.6 Å². The first kappa shape index (κ1) is 8.24. The lowest BCUT2D eigenvalue weighted by atomic mass is 10.1. The third-order valence-corrected chi connectivity index (χ3v) is 2.43. The van der Waals surface area contributed by atoms with Gasteiger partial charge >= 0.3 is 0 Å². The Morgan fingerprint density at radius 3 is 2.73 bits per heavy atom. The van der Waals surface area contributed by atoms with E-state index < -0.39 is 0 Å². The fraction of sp³-hybridized carbons (Fsp3) is 0. The van der Waals surface area contributed by atoms with Crippen molar-refractivity contribution in [2.75, 3.05) is 0 Å². The molecule has 72 valence electrons. The molecule has 0 saturated carbocycles. The Hall–Kier alpha value is -2.09. The van der Waals surface area contributed by atoms with Crippen LogP contribution in [0.25, 0.3) is 22.2 Å². The number of nitrogens with zero attached hydrogens (tertiary/aromatic N) is 1. The zero-order chi connectivity index (χ0) is 10.1. The highest BCUT2D eigenvalue weighted by Gasteiger charge is 2.06. The summed E-state index contributed by atoms with van der Waals surface area (Å²) in [7, 11) is 0. The molecule has 2 heterocycles. The van der Waals surface area contributed by atoms with Crippen molar-refractivity contribution in [1.29, 1.82) is 0 Å². The van der Waals surface area contributed by atoms with Crippen LogP contribution in [0.3, 0.4) is 0 Å². The number of hydrogen-bond donors (Lipinski definition) is 0. The molecule has 0 aliphatic rings. The number of rotatable bonds is 1. The number of pyridine rings is 1. The molecule has 3 rings (SSSR count). The molecule has 3 aromatic rings. The zero-order valence-corrected chi connectivity index (χ0v) is 8.05. The van der Waals surface area contributed by atoms with E-state index in [0.29, 0.717) is 0 Å². The molecule has 0 unspecified atom stereocenters. The molecule has 0 fully saturated rings. The SMILES string of the molecule is c1coc(-c2nccc3ccccc23)c1. The monoisotopic (exact) mass is 195 g/mol. The number of fused-ring (bicyclic) bond motifs is 1. The van der Waals surface area contributed by atoms with Crippen LogP contribution in [0.15, 0.2) is 59.3 Å². The fourth-order valence-corrected chi connectivity index (χ4v) is 1.73. The molecule has 2 aromatic heterocycles. The summed E-state index contributed by atoms with van der Waals surface area (Å²) in [6, 6.07) is 14.0. The third-order valence-electron chi connectivity index (χ3n) is 2.43. The third kappa shape index (κ3) is 1.31. The average Bonchev–Trinajstić information content (AvgIpc) is 2.82. The summed E-state index contributed by atoms with van der Waals surface area (Å²) in [5.41, 5.74) is 0.901. The highest BCUT2D eigenvalue weighted by atomic mass is 16.3. The van der Waals surface area contributed by atoms with Gasteiger partial charge in [-0.3, -0.25) is 4.98 Å². The van der Waals surface area contributed by atoms with Gasteiger partial charge in [-0.05, 0) is 23.6 Å². The van der Waals surface area contributed by atoms with Gasteiger partial charge in [-0.1, -0.05) is 24.3 Å². The summed E-state index contributed by atoms with van der Waals surface area (Å²) in [4.78, 5) is 4.36. The molecule has 0 aliphatic carbocycles. The van der Waals surface area contributed by atoms with Gasteiger partial charge in [0.05, 0.1) is 6.26 Å². The van der Waals surface area contributed by atoms with Crippen LogP contribution in [-0.4, -0.2) is 4.98 Å². The van der Waals surface area contributed by atoms with Crippen LogP contribution in [0.5, 0.6) is 0 Å². The van der Waals surface area contributed by atoms with E-state index in [-0.39, 0.29) is 0 Å². The molecular formula is C13H9NO. The lowest BCUT2D eigenvalue weighted by Crippen LogP contribution is -1.83. The van der Waals surface area contributed by atoms with Crippen LogP contribution in [0.2, 0.25) is 0 Å². The van der Waals surface area contributed by atoms with Gasteiger partial charge in [0.2, 0.25) is 0 Å². The Bertz CT molecular complexity index is 579. The summed E-state index contributed by atoms with van der Waals surface area (Å²) in [5.74, 6) is 0.812. The molecule has 15 heavy (non-hydrogen) atoms. The highest BCUT2D eigenvalue weighted by Crippen LogP contribution is 2.26. The molecule has 2 heteroatoms. The van der Waals surface area contributed by atoms with Crippen molar-refractivity contribution < 1.29 is 4.42 Å². The second-order valence-corrected chi connectivity index (χ2v) is 3.36. The Kier molecular flexibility index (Phi) is 1.78. The molecule has 0 atom stereocenters. The minimum atomic E-state index is 0.812. The van der Waals surface area contributed by atoms with Gasteiger partial charge in [-0.2, -0.15) is 0 Å². The van der Waals surface area contributed by atoms with Gasteiger partial charge in [0.15, 0.2) is 5.76 Å². The fourth-order valence-electron chi connectivity index (χ4n) is 1.73. The van der Waals surface area contributed by atoms with E-state index in [1.807, 2.05) is 30.3 Å². The van der Waals surface area contributed by atoms with Crippen molar-refractivity contribution in [2.24, 2.45) is 0 Å². The molecule has 1 aromatic carbocycles. The molecule has 0 aliphatic heterocycles. The first-order chi connectivity index (χ1) is 7.45. The number of furan rings is 1. The van der Waals surface area contributed by atoms with Crippen LogP contribution in [0.4, 0.5) is 0 Å². The molecule has 0 N–H and O–H groups in total. The maximum absolute atomic E-state index is 5.37. The Morgan fingerprint density at radius 2 is 1.87 bits per heavy atom. The van der Waals surface area contributed by atoms with Crippen molar-refractivity contribution in [2.45, 2.75) is 0 Å². The second-order valence-electron chi connectivity index (χ2n) is 3.36. The summed E-state index contributed by atoms with van der Waals surface area (Å²) < 4.78 is 5.37. The first-order valence-electron chi connectivity index (χ1n) is 4.83. The predicted molar refractivity (Wildman–Crippen MR) is 59.4 cm³/mol. The lowest BCUT2D eigenvalue weighted by molar-refractivity contribution is 0.581. The molecule has 2 nitrogen and oxygen atoms in total. The molecular weight excluding hydrogens is 186 g/mol. The van der Waals surface area contributed by atoms with E-state index in [4.69, 9.17) is 4.42 Å². The predicted octanol–water partition coefficient (Wildman–Crippen LogP) is 3.49. The number of aromatic nitrogens is 1. The minimum Gasteiger partial charge on any atom is -0.463 e. The van der Waals surface area contributed by atoms with E-state index in [1.54, 1.807) is 12.5 Å². The van der Waals surface area contributed by atoms with Gasteiger partial charge < -0.3 is 4.42 Å². The molecule has 0 bridgehead atoms.